The second-order valence-corrected chi connectivity index (χ2v) is 11.5. The van der Waals surface area contributed by atoms with E-state index in [2.05, 4.69) is 20.5 Å². The van der Waals surface area contributed by atoms with E-state index in [0.717, 1.165) is 27.4 Å². The van der Waals surface area contributed by atoms with Crippen LogP contribution in [0.1, 0.15) is 21.8 Å². The minimum absolute atomic E-state index is 0.141. The van der Waals surface area contributed by atoms with Gasteiger partial charge in [0.25, 0.3) is 0 Å². The monoisotopic (exact) mass is 595 g/mol. The van der Waals surface area contributed by atoms with Crippen molar-refractivity contribution in [2.75, 3.05) is 11.1 Å². The number of amides is 1. The van der Waals surface area contributed by atoms with Crippen molar-refractivity contribution in [2.24, 2.45) is 0 Å². The summed E-state index contributed by atoms with van der Waals surface area (Å²) in [5.41, 5.74) is 2.99. The summed E-state index contributed by atoms with van der Waals surface area (Å²) < 4.78 is 7.86. The van der Waals surface area contributed by atoms with Crippen molar-refractivity contribution in [2.45, 2.75) is 25.1 Å². The number of aromatic nitrogens is 4. The van der Waals surface area contributed by atoms with E-state index >= 15 is 0 Å². The molecule has 0 fully saturated rings. The minimum Gasteiger partial charge on any atom is -0.486 e. The molecule has 2 aromatic heterocycles. The van der Waals surface area contributed by atoms with Crippen LogP contribution in [0.15, 0.2) is 84.1 Å². The number of thiazole rings is 1. The lowest BCUT2D eigenvalue weighted by Crippen LogP contribution is -2.14. The summed E-state index contributed by atoms with van der Waals surface area (Å²) >= 11 is 15.0. The lowest BCUT2D eigenvalue weighted by molar-refractivity contribution is -0.113. The number of rotatable bonds is 10. The van der Waals surface area contributed by atoms with Gasteiger partial charge < -0.3 is 10.1 Å². The highest BCUT2D eigenvalue weighted by Crippen LogP contribution is 2.28. The number of thioether (sulfide) groups is 1. The number of halogens is 2. The van der Waals surface area contributed by atoms with Crippen LogP contribution >= 0.6 is 46.3 Å². The molecule has 11 heteroatoms. The first-order valence-electron chi connectivity index (χ1n) is 11.9. The maximum Gasteiger partial charge on any atom is 0.236 e. The number of carbonyl (C=O) groups is 1. The zero-order chi connectivity index (χ0) is 27.2. The highest BCUT2D eigenvalue weighted by molar-refractivity contribution is 7.99. The molecule has 3 aromatic carbocycles. The highest BCUT2D eigenvalue weighted by atomic mass is 35.5. The van der Waals surface area contributed by atoms with E-state index in [1.807, 2.05) is 72.2 Å². The van der Waals surface area contributed by atoms with Crippen LogP contribution in [0.25, 0.3) is 5.69 Å². The van der Waals surface area contributed by atoms with Gasteiger partial charge in [0.2, 0.25) is 5.91 Å². The van der Waals surface area contributed by atoms with Crippen molar-refractivity contribution in [1.82, 2.24) is 19.7 Å². The van der Waals surface area contributed by atoms with Crippen LogP contribution in [0.3, 0.4) is 0 Å². The molecule has 0 aliphatic rings. The average molecular weight is 597 g/mol. The van der Waals surface area contributed by atoms with Gasteiger partial charge in [0, 0.05) is 33.2 Å². The van der Waals surface area contributed by atoms with E-state index in [1.54, 1.807) is 18.3 Å². The van der Waals surface area contributed by atoms with Crippen molar-refractivity contribution < 1.29 is 9.53 Å². The number of hydrogen-bond donors (Lipinski definition) is 1. The Balaban J connectivity index is 1.23. The zero-order valence-electron chi connectivity index (χ0n) is 20.8. The molecule has 0 atom stereocenters. The molecule has 0 unspecified atom stereocenters. The molecular weight excluding hydrogens is 573 g/mol. The van der Waals surface area contributed by atoms with Gasteiger partial charge in [-0.05, 0) is 48.9 Å². The van der Waals surface area contributed by atoms with Gasteiger partial charge >= 0.3 is 0 Å². The fraction of sp³-hybridized carbons (Fsp3) is 0.143. The molecule has 1 amide bonds. The Morgan fingerprint density at radius 1 is 1.05 bits per heavy atom. The summed E-state index contributed by atoms with van der Waals surface area (Å²) in [5, 5.41) is 13.9. The van der Waals surface area contributed by atoms with Gasteiger partial charge in [-0.3, -0.25) is 9.36 Å². The summed E-state index contributed by atoms with van der Waals surface area (Å²) in [4.78, 5) is 18.1. The number of nitrogens with zero attached hydrogens (tertiary/aromatic N) is 4. The molecule has 0 spiro atoms. The largest absolute Gasteiger partial charge is 0.486 e. The second-order valence-electron chi connectivity index (χ2n) is 8.55. The quantitative estimate of drug-likeness (QED) is 0.171. The standard InChI is InChI=1S/C28H23Cl2N5O2S2/c1-18-7-11-22(12-8-18)37-16-25-33-34-28(35(25)21-5-3-2-4-6-21)38-17-26(36)32-27-31-15-23(39-27)13-19-9-10-20(29)14-24(19)30/h2-12,14-15H,13,16-17H2,1H3,(H,31,32,36). The van der Waals surface area contributed by atoms with Crippen LogP contribution < -0.4 is 10.1 Å². The van der Waals surface area contributed by atoms with Gasteiger partial charge in [-0.2, -0.15) is 0 Å². The van der Waals surface area contributed by atoms with E-state index in [9.17, 15) is 4.79 Å². The number of aryl methyl sites for hydroxylation is 1. The van der Waals surface area contributed by atoms with Gasteiger partial charge in [-0.15, -0.1) is 21.5 Å². The van der Waals surface area contributed by atoms with Gasteiger partial charge in [-0.25, -0.2) is 4.98 Å². The van der Waals surface area contributed by atoms with Crippen LogP contribution in [0.2, 0.25) is 10.0 Å². The molecular formula is C28H23Cl2N5O2S2. The van der Waals surface area contributed by atoms with Crippen molar-refractivity contribution in [1.29, 1.82) is 0 Å². The Morgan fingerprint density at radius 2 is 1.85 bits per heavy atom. The van der Waals surface area contributed by atoms with Crippen LogP contribution in [0, 0.1) is 6.92 Å². The first-order chi connectivity index (χ1) is 18.9. The van der Waals surface area contributed by atoms with E-state index < -0.39 is 0 Å². The molecule has 0 aliphatic carbocycles. The van der Waals surface area contributed by atoms with Gasteiger partial charge in [0.05, 0.1) is 5.75 Å². The number of carbonyl (C=O) groups excluding carboxylic acids is 1. The predicted octanol–water partition coefficient (Wildman–Crippen LogP) is 7.24. The number of anilines is 1. The van der Waals surface area contributed by atoms with Crippen molar-refractivity contribution >= 4 is 57.3 Å². The van der Waals surface area contributed by atoms with E-state index in [0.29, 0.717) is 32.6 Å². The third kappa shape index (κ3) is 7.19. The molecule has 2 heterocycles. The summed E-state index contributed by atoms with van der Waals surface area (Å²) in [6, 6.07) is 23.0. The van der Waals surface area contributed by atoms with Crippen molar-refractivity contribution in [3.63, 3.8) is 0 Å². The smallest absolute Gasteiger partial charge is 0.236 e. The summed E-state index contributed by atoms with van der Waals surface area (Å²) in [6.07, 6.45) is 2.34. The molecule has 1 N–H and O–H groups in total. The lowest BCUT2D eigenvalue weighted by atomic mass is 10.1. The Morgan fingerprint density at radius 3 is 2.62 bits per heavy atom. The SMILES string of the molecule is Cc1ccc(OCc2nnc(SCC(=O)Nc3ncc(Cc4ccc(Cl)cc4Cl)s3)n2-c2ccccc2)cc1. The van der Waals surface area contributed by atoms with Crippen molar-refractivity contribution in [3.05, 3.63) is 111 Å². The zero-order valence-corrected chi connectivity index (χ0v) is 23.9. The molecule has 0 radical (unpaired) electrons. The molecule has 0 bridgehead atoms. The molecule has 39 heavy (non-hydrogen) atoms. The molecule has 198 valence electrons. The number of ether oxygens (including phenoxy) is 1. The highest BCUT2D eigenvalue weighted by Gasteiger charge is 2.17. The van der Waals surface area contributed by atoms with E-state index in [1.165, 1.54) is 23.1 Å². The summed E-state index contributed by atoms with van der Waals surface area (Å²) in [6.45, 7) is 2.26. The van der Waals surface area contributed by atoms with Gasteiger partial charge in [-0.1, -0.05) is 76.9 Å². The molecule has 5 aromatic rings. The minimum atomic E-state index is -0.189. The molecule has 7 nitrogen and oxygen atoms in total. The van der Waals surface area contributed by atoms with Crippen LogP contribution in [-0.4, -0.2) is 31.4 Å². The Labute approximate surface area is 244 Å². The number of benzene rings is 3. The predicted molar refractivity (Wildman–Crippen MR) is 158 cm³/mol. The topological polar surface area (TPSA) is 81.9 Å². The number of para-hydroxylation sites is 1. The third-order valence-electron chi connectivity index (χ3n) is 5.62. The third-order valence-corrected chi connectivity index (χ3v) is 8.04. The maximum atomic E-state index is 12.8. The molecule has 0 saturated heterocycles. The normalized spacial score (nSPS) is 10.9. The second kappa shape index (κ2) is 12.7. The van der Waals surface area contributed by atoms with Gasteiger partial charge in [0.15, 0.2) is 16.1 Å². The summed E-state index contributed by atoms with van der Waals surface area (Å²) in [5.74, 6) is 1.33. The van der Waals surface area contributed by atoms with Gasteiger partial charge in [0.1, 0.15) is 12.4 Å². The first kappa shape index (κ1) is 27.2. The van der Waals surface area contributed by atoms with E-state index in [4.69, 9.17) is 27.9 Å². The Bertz CT molecular complexity index is 1570. The summed E-state index contributed by atoms with van der Waals surface area (Å²) in [7, 11) is 0. The van der Waals surface area contributed by atoms with Crippen LogP contribution in [0.5, 0.6) is 5.75 Å². The molecule has 5 rings (SSSR count). The Hall–Kier alpha value is -3.37. The first-order valence-corrected chi connectivity index (χ1v) is 14.5. The van der Waals surface area contributed by atoms with E-state index in [-0.39, 0.29) is 18.3 Å². The Kier molecular flexibility index (Phi) is 8.83. The van der Waals surface area contributed by atoms with Crippen LogP contribution in [0.4, 0.5) is 5.13 Å². The molecule has 0 aliphatic heterocycles. The number of nitrogens with one attached hydrogen (secondary N) is 1. The average Bonchev–Trinajstić information content (AvgIpc) is 3.55. The number of hydrogen-bond acceptors (Lipinski definition) is 7. The lowest BCUT2D eigenvalue weighted by Gasteiger charge is -2.11. The van der Waals surface area contributed by atoms with Crippen molar-refractivity contribution in [3.8, 4) is 11.4 Å². The fourth-order valence-corrected chi connectivity index (χ4v) is 5.79. The maximum absolute atomic E-state index is 12.8. The molecule has 0 saturated carbocycles. The van der Waals surface area contributed by atoms with Crippen LogP contribution in [-0.2, 0) is 17.8 Å². The fourth-order valence-electron chi connectivity index (χ4n) is 3.69.